The van der Waals surface area contributed by atoms with E-state index in [1.54, 1.807) is 0 Å². The van der Waals surface area contributed by atoms with E-state index in [4.69, 9.17) is 5.26 Å². The highest BCUT2D eigenvalue weighted by Crippen LogP contribution is 2.33. The third kappa shape index (κ3) is 1.61. The fourth-order valence-electron chi connectivity index (χ4n) is 0.600. The maximum Gasteiger partial charge on any atom is 0.0642 e. The largest absolute Gasteiger partial charge is 0.198 e. The molecule has 0 N–H and O–H groups in total. The second-order valence-corrected chi connectivity index (χ2v) is 4.45. The lowest BCUT2D eigenvalue weighted by Gasteiger charge is -1.96. The van der Waals surface area contributed by atoms with Crippen LogP contribution in [-0.4, -0.2) is 16.1 Å². The van der Waals surface area contributed by atoms with Gasteiger partial charge in [-0.05, 0) is 0 Å². The van der Waals surface area contributed by atoms with Gasteiger partial charge in [-0.2, -0.15) is 5.26 Å². The van der Waals surface area contributed by atoms with Crippen molar-refractivity contribution in [2.45, 2.75) is 11.0 Å². The van der Waals surface area contributed by atoms with Crippen molar-refractivity contribution in [1.82, 2.24) is 0 Å². The van der Waals surface area contributed by atoms with Gasteiger partial charge in [0.1, 0.15) is 0 Å². The zero-order valence-corrected chi connectivity index (χ0v) is 6.10. The number of hydrogen-bond donors (Lipinski definition) is 0. The van der Waals surface area contributed by atoms with Gasteiger partial charge in [0.25, 0.3) is 0 Å². The molecule has 1 heterocycles. The molecule has 0 aromatic carbocycles. The van der Waals surface area contributed by atoms with Crippen molar-refractivity contribution < 1.29 is 0 Å². The Morgan fingerprint density at radius 1 is 1.50 bits per heavy atom. The third-order valence-corrected chi connectivity index (χ3v) is 3.98. The summed E-state index contributed by atoms with van der Waals surface area (Å²) in [5.41, 5.74) is 0. The molecule has 1 rings (SSSR count). The second-order valence-electron chi connectivity index (χ2n) is 1.53. The maximum atomic E-state index is 8.25. The first kappa shape index (κ1) is 6.31. The molecule has 1 aliphatic heterocycles. The summed E-state index contributed by atoms with van der Waals surface area (Å²) in [7, 11) is 0. The zero-order chi connectivity index (χ0) is 5.82. The summed E-state index contributed by atoms with van der Waals surface area (Å²) in [6.07, 6.45) is 0.718. The Hall–Kier alpha value is 0.190. The fraction of sp³-hybridized carbons (Fsp3) is 0.800. The average molecular weight is 145 g/mol. The highest BCUT2D eigenvalue weighted by atomic mass is 32.2. The van der Waals surface area contributed by atoms with E-state index in [1.807, 2.05) is 23.5 Å². The van der Waals surface area contributed by atoms with E-state index >= 15 is 0 Å². The van der Waals surface area contributed by atoms with Gasteiger partial charge >= 0.3 is 0 Å². The Morgan fingerprint density at radius 3 is 2.62 bits per heavy atom. The minimum atomic E-state index is 0.583. The lowest BCUT2D eigenvalue weighted by Crippen LogP contribution is -1.86. The van der Waals surface area contributed by atoms with Gasteiger partial charge in [-0.15, -0.1) is 23.5 Å². The zero-order valence-electron chi connectivity index (χ0n) is 4.46. The van der Waals surface area contributed by atoms with Crippen molar-refractivity contribution in [2.75, 3.05) is 11.5 Å². The van der Waals surface area contributed by atoms with E-state index in [9.17, 15) is 0 Å². The SMILES string of the molecule is N#CCC1SCCS1. The molecule has 0 radical (unpaired) electrons. The fourth-order valence-corrected chi connectivity index (χ4v) is 3.24. The normalized spacial score (nSPS) is 20.9. The molecule has 0 atom stereocenters. The monoisotopic (exact) mass is 145 g/mol. The Bertz CT molecular complexity index is 101. The van der Waals surface area contributed by atoms with Gasteiger partial charge in [0.2, 0.25) is 0 Å². The van der Waals surface area contributed by atoms with E-state index in [-0.39, 0.29) is 0 Å². The van der Waals surface area contributed by atoms with Gasteiger partial charge in [0, 0.05) is 11.5 Å². The Balaban J connectivity index is 2.17. The van der Waals surface area contributed by atoms with Crippen molar-refractivity contribution >= 4 is 23.5 Å². The van der Waals surface area contributed by atoms with Crippen LogP contribution in [0.3, 0.4) is 0 Å². The van der Waals surface area contributed by atoms with Crippen LogP contribution >= 0.6 is 23.5 Å². The standard InChI is InChI=1S/C5H7NS2/c6-2-1-5-7-3-4-8-5/h5H,1,3-4H2. The van der Waals surface area contributed by atoms with Crippen LogP contribution < -0.4 is 0 Å². The molecule has 0 spiro atoms. The minimum absolute atomic E-state index is 0.583. The lowest BCUT2D eigenvalue weighted by molar-refractivity contribution is 1.19. The molecule has 0 amide bonds. The highest BCUT2D eigenvalue weighted by Gasteiger charge is 2.14. The molecule has 8 heavy (non-hydrogen) atoms. The molecule has 1 aliphatic rings. The van der Waals surface area contributed by atoms with Crippen LogP contribution in [0.25, 0.3) is 0 Å². The Kier molecular flexibility index (Phi) is 2.57. The first-order chi connectivity index (χ1) is 3.93. The van der Waals surface area contributed by atoms with Crippen LogP contribution in [0.1, 0.15) is 6.42 Å². The van der Waals surface area contributed by atoms with Crippen LogP contribution in [0.4, 0.5) is 0 Å². The average Bonchev–Trinajstić information content (AvgIpc) is 2.19. The molecular weight excluding hydrogens is 138 g/mol. The summed E-state index contributed by atoms with van der Waals surface area (Å²) in [6, 6.07) is 2.17. The molecule has 0 saturated carbocycles. The summed E-state index contributed by atoms with van der Waals surface area (Å²) in [5, 5.41) is 8.25. The van der Waals surface area contributed by atoms with Gasteiger partial charge in [0.05, 0.1) is 17.1 Å². The van der Waals surface area contributed by atoms with Crippen LogP contribution in [0.5, 0.6) is 0 Å². The number of thioether (sulfide) groups is 2. The number of nitriles is 1. The number of hydrogen-bond acceptors (Lipinski definition) is 3. The molecular formula is C5H7NS2. The van der Waals surface area contributed by atoms with Crippen molar-refractivity contribution in [1.29, 1.82) is 5.26 Å². The van der Waals surface area contributed by atoms with Crippen LogP contribution in [0.15, 0.2) is 0 Å². The van der Waals surface area contributed by atoms with Gasteiger partial charge in [-0.1, -0.05) is 0 Å². The minimum Gasteiger partial charge on any atom is -0.198 e. The van der Waals surface area contributed by atoms with Gasteiger partial charge in [0.15, 0.2) is 0 Å². The summed E-state index contributed by atoms with van der Waals surface area (Å²) in [5.74, 6) is 2.47. The molecule has 44 valence electrons. The van der Waals surface area contributed by atoms with Crippen molar-refractivity contribution in [3.05, 3.63) is 0 Å². The summed E-state index contributed by atoms with van der Waals surface area (Å²) in [4.78, 5) is 0. The van der Waals surface area contributed by atoms with Gasteiger partial charge in [-0.25, -0.2) is 0 Å². The van der Waals surface area contributed by atoms with Crippen molar-refractivity contribution in [3.63, 3.8) is 0 Å². The summed E-state index contributed by atoms with van der Waals surface area (Å²) < 4.78 is 0.583. The van der Waals surface area contributed by atoms with E-state index in [0.29, 0.717) is 4.58 Å². The molecule has 0 aromatic heterocycles. The molecule has 0 unspecified atom stereocenters. The predicted octanol–water partition coefficient (Wildman–Crippen LogP) is 1.71. The molecule has 1 fully saturated rings. The third-order valence-electron chi connectivity index (χ3n) is 0.949. The highest BCUT2D eigenvalue weighted by molar-refractivity contribution is 8.20. The first-order valence-corrected chi connectivity index (χ1v) is 4.63. The molecule has 1 saturated heterocycles. The first-order valence-electron chi connectivity index (χ1n) is 2.53. The maximum absolute atomic E-state index is 8.25. The lowest BCUT2D eigenvalue weighted by atomic mass is 10.5. The van der Waals surface area contributed by atoms with E-state index in [0.717, 1.165) is 6.42 Å². The van der Waals surface area contributed by atoms with Crippen molar-refractivity contribution in [2.24, 2.45) is 0 Å². The van der Waals surface area contributed by atoms with Crippen LogP contribution in [0.2, 0.25) is 0 Å². The quantitative estimate of drug-likeness (QED) is 0.561. The summed E-state index contributed by atoms with van der Waals surface area (Å²) in [6.45, 7) is 0. The van der Waals surface area contributed by atoms with Crippen molar-refractivity contribution in [3.8, 4) is 6.07 Å². The molecule has 0 aromatic rings. The molecule has 0 aliphatic carbocycles. The number of nitrogens with zero attached hydrogens (tertiary/aromatic N) is 1. The second kappa shape index (κ2) is 3.26. The molecule has 1 nitrogen and oxygen atoms in total. The smallest absolute Gasteiger partial charge is 0.0642 e. The Labute approximate surface area is 57.8 Å². The van der Waals surface area contributed by atoms with E-state index in [2.05, 4.69) is 6.07 Å². The summed E-state index contributed by atoms with van der Waals surface area (Å²) >= 11 is 3.81. The van der Waals surface area contributed by atoms with Crippen LogP contribution in [0, 0.1) is 11.3 Å². The molecule has 0 bridgehead atoms. The van der Waals surface area contributed by atoms with Gasteiger partial charge < -0.3 is 0 Å². The van der Waals surface area contributed by atoms with E-state index in [1.165, 1.54) is 11.5 Å². The van der Waals surface area contributed by atoms with Gasteiger partial charge in [-0.3, -0.25) is 0 Å². The topological polar surface area (TPSA) is 23.8 Å². The van der Waals surface area contributed by atoms with E-state index < -0.39 is 0 Å². The molecule has 3 heteroatoms. The van der Waals surface area contributed by atoms with Crippen LogP contribution in [-0.2, 0) is 0 Å². The Morgan fingerprint density at radius 2 is 2.12 bits per heavy atom. The predicted molar refractivity (Wildman–Crippen MR) is 38.9 cm³/mol. The number of rotatable bonds is 1.